The van der Waals surface area contributed by atoms with Gasteiger partial charge in [-0.15, -0.1) is 6.58 Å². The molecule has 1 atom stereocenters. The minimum atomic E-state index is -1.02. The summed E-state index contributed by atoms with van der Waals surface area (Å²) in [5.74, 6) is 0. The Morgan fingerprint density at radius 3 is 2.38 bits per heavy atom. The van der Waals surface area contributed by atoms with Gasteiger partial charge in [0.2, 0.25) is 0 Å². The van der Waals surface area contributed by atoms with Crippen LogP contribution in [0.5, 0.6) is 0 Å². The first-order chi connectivity index (χ1) is 7.81. The van der Waals surface area contributed by atoms with Crippen LogP contribution in [0.25, 0.3) is 0 Å². The molecule has 0 fully saturated rings. The van der Waals surface area contributed by atoms with Crippen LogP contribution in [0.1, 0.15) is 44.9 Å². The van der Waals surface area contributed by atoms with E-state index in [4.69, 9.17) is 9.84 Å². The Balaban J connectivity index is 2.96. The minimum absolute atomic E-state index is 0.333. The Morgan fingerprint density at radius 2 is 1.75 bits per heavy atom. The molecule has 96 valence electrons. The molecule has 0 saturated heterocycles. The Labute approximate surface area is 98.5 Å². The number of halogens is 1. The largest absolute Gasteiger partial charge is 0.393 e. The summed E-state index contributed by atoms with van der Waals surface area (Å²) in [6.07, 6.45) is 7.79. The number of rotatable bonds is 12. The monoisotopic (exact) mass is 232 g/mol. The van der Waals surface area contributed by atoms with Gasteiger partial charge in [-0.05, 0) is 12.8 Å². The standard InChI is InChI=1S/C13H25FO2/c1-2-10-16-11-8-6-4-3-5-7-9-13(14)12-15/h2,13,15H,1,3-12H2. The predicted octanol–water partition coefficient (Wildman–Crippen LogP) is 3.25. The molecule has 0 aromatic heterocycles. The van der Waals surface area contributed by atoms with Gasteiger partial charge in [-0.1, -0.05) is 38.2 Å². The van der Waals surface area contributed by atoms with Gasteiger partial charge in [0, 0.05) is 6.61 Å². The second kappa shape index (κ2) is 12.7. The third kappa shape index (κ3) is 11.7. The lowest BCUT2D eigenvalue weighted by Gasteiger charge is -2.04. The molecule has 0 aromatic carbocycles. The first-order valence-electron chi connectivity index (χ1n) is 6.24. The fraction of sp³-hybridized carbons (Fsp3) is 0.846. The predicted molar refractivity (Wildman–Crippen MR) is 65.3 cm³/mol. The maximum atomic E-state index is 12.6. The minimum Gasteiger partial charge on any atom is -0.393 e. The summed E-state index contributed by atoms with van der Waals surface area (Å²) >= 11 is 0. The van der Waals surface area contributed by atoms with Gasteiger partial charge in [0.25, 0.3) is 0 Å². The van der Waals surface area contributed by atoms with Crippen LogP contribution < -0.4 is 0 Å². The lowest BCUT2D eigenvalue weighted by atomic mass is 10.1. The number of hydrogen-bond donors (Lipinski definition) is 1. The van der Waals surface area contributed by atoms with Crippen molar-refractivity contribution in [3.8, 4) is 0 Å². The molecule has 1 N–H and O–H groups in total. The second-order valence-electron chi connectivity index (χ2n) is 4.05. The maximum Gasteiger partial charge on any atom is 0.123 e. The van der Waals surface area contributed by atoms with E-state index >= 15 is 0 Å². The Kier molecular flexibility index (Phi) is 12.3. The van der Waals surface area contributed by atoms with E-state index in [2.05, 4.69) is 6.58 Å². The number of unbranched alkanes of at least 4 members (excludes halogenated alkanes) is 5. The average Bonchev–Trinajstić information content (AvgIpc) is 2.31. The van der Waals surface area contributed by atoms with Crippen molar-refractivity contribution >= 4 is 0 Å². The summed E-state index contributed by atoms with van der Waals surface area (Å²) < 4.78 is 17.9. The molecule has 0 radical (unpaired) electrons. The molecule has 16 heavy (non-hydrogen) atoms. The molecule has 0 spiro atoms. The van der Waals surface area contributed by atoms with Crippen molar-refractivity contribution in [2.45, 2.75) is 51.1 Å². The fourth-order valence-electron chi connectivity index (χ4n) is 1.54. The van der Waals surface area contributed by atoms with Gasteiger partial charge >= 0.3 is 0 Å². The molecular weight excluding hydrogens is 207 g/mol. The van der Waals surface area contributed by atoms with E-state index in [1.54, 1.807) is 6.08 Å². The van der Waals surface area contributed by atoms with Gasteiger partial charge in [-0.3, -0.25) is 0 Å². The molecule has 0 saturated carbocycles. The Hall–Kier alpha value is -0.410. The van der Waals surface area contributed by atoms with E-state index in [9.17, 15) is 4.39 Å². The van der Waals surface area contributed by atoms with Gasteiger partial charge in [0.1, 0.15) is 6.17 Å². The van der Waals surface area contributed by atoms with Gasteiger partial charge < -0.3 is 9.84 Å². The van der Waals surface area contributed by atoms with E-state index < -0.39 is 6.17 Å². The summed E-state index contributed by atoms with van der Waals surface area (Å²) in [6.45, 7) is 4.69. The quantitative estimate of drug-likeness (QED) is 0.413. The summed E-state index contributed by atoms with van der Waals surface area (Å²) in [6, 6.07) is 0. The van der Waals surface area contributed by atoms with Crippen molar-refractivity contribution in [1.82, 2.24) is 0 Å². The maximum absolute atomic E-state index is 12.6. The van der Waals surface area contributed by atoms with Crippen LogP contribution in [-0.4, -0.2) is 31.1 Å². The number of aliphatic hydroxyl groups is 1. The lowest BCUT2D eigenvalue weighted by Crippen LogP contribution is -2.05. The van der Waals surface area contributed by atoms with Crippen molar-refractivity contribution in [2.24, 2.45) is 0 Å². The average molecular weight is 232 g/mol. The highest BCUT2D eigenvalue weighted by molar-refractivity contribution is 4.63. The molecule has 0 aliphatic rings. The summed E-state index contributed by atoms with van der Waals surface area (Å²) in [4.78, 5) is 0. The molecule has 2 nitrogen and oxygen atoms in total. The SMILES string of the molecule is C=CCOCCCCCCCCC(F)CO. The number of alkyl halides is 1. The van der Waals surface area contributed by atoms with E-state index in [-0.39, 0.29) is 6.61 Å². The normalized spacial score (nSPS) is 12.6. The van der Waals surface area contributed by atoms with E-state index in [1.165, 1.54) is 12.8 Å². The van der Waals surface area contributed by atoms with Crippen molar-refractivity contribution in [2.75, 3.05) is 19.8 Å². The fourth-order valence-corrected chi connectivity index (χ4v) is 1.54. The highest BCUT2D eigenvalue weighted by Gasteiger charge is 2.02. The molecule has 0 heterocycles. The molecule has 0 aromatic rings. The van der Waals surface area contributed by atoms with Crippen LogP contribution in [0.4, 0.5) is 4.39 Å². The van der Waals surface area contributed by atoms with Crippen LogP contribution in [0.2, 0.25) is 0 Å². The zero-order valence-electron chi connectivity index (χ0n) is 10.2. The molecule has 3 heteroatoms. The topological polar surface area (TPSA) is 29.5 Å². The van der Waals surface area contributed by atoms with Crippen LogP contribution in [0, 0.1) is 0 Å². The van der Waals surface area contributed by atoms with E-state index in [0.717, 1.165) is 32.3 Å². The summed E-state index contributed by atoms with van der Waals surface area (Å²) in [5, 5.41) is 8.48. The molecular formula is C13H25FO2. The highest BCUT2D eigenvalue weighted by atomic mass is 19.1. The van der Waals surface area contributed by atoms with Crippen LogP contribution in [0.15, 0.2) is 12.7 Å². The summed E-state index contributed by atoms with van der Waals surface area (Å²) in [7, 11) is 0. The Bertz CT molecular complexity index is 151. The zero-order chi connectivity index (χ0) is 12.1. The van der Waals surface area contributed by atoms with Crippen molar-refractivity contribution in [3.63, 3.8) is 0 Å². The molecule has 0 rings (SSSR count). The van der Waals surface area contributed by atoms with Gasteiger partial charge in [-0.2, -0.15) is 0 Å². The molecule has 0 bridgehead atoms. The van der Waals surface area contributed by atoms with Crippen LogP contribution in [0.3, 0.4) is 0 Å². The Morgan fingerprint density at radius 1 is 1.12 bits per heavy atom. The van der Waals surface area contributed by atoms with Gasteiger partial charge in [0.15, 0.2) is 0 Å². The summed E-state index contributed by atoms with van der Waals surface area (Å²) in [5.41, 5.74) is 0. The van der Waals surface area contributed by atoms with E-state index in [0.29, 0.717) is 13.0 Å². The van der Waals surface area contributed by atoms with Crippen molar-refractivity contribution in [1.29, 1.82) is 0 Å². The number of ether oxygens (including phenoxy) is 1. The lowest BCUT2D eigenvalue weighted by molar-refractivity contribution is 0.157. The zero-order valence-corrected chi connectivity index (χ0v) is 10.2. The third-order valence-electron chi connectivity index (χ3n) is 2.49. The highest BCUT2D eigenvalue weighted by Crippen LogP contribution is 2.10. The van der Waals surface area contributed by atoms with Crippen LogP contribution in [-0.2, 0) is 4.74 Å². The third-order valence-corrected chi connectivity index (χ3v) is 2.49. The number of hydrogen-bond acceptors (Lipinski definition) is 2. The van der Waals surface area contributed by atoms with Crippen LogP contribution >= 0.6 is 0 Å². The molecule has 0 amide bonds. The first kappa shape index (κ1) is 15.6. The molecule has 0 aliphatic carbocycles. The van der Waals surface area contributed by atoms with Crippen molar-refractivity contribution < 1.29 is 14.2 Å². The molecule has 1 unspecified atom stereocenters. The smallest absolute Gasteiger partial charge is 0.123 e. The number of aliphatic hydroxyl groups excluding tert-OH is 1. The van der Waals surface area contributed by atoms with Crippen molar-refractivity contribution in [3.05, 3.63) is 12.7 Å². The van der Waals surface area contributed by atoms with E-state index in [1.807, 2.05) is 0 Å². The van der Waals surface area contributed by atoms with Gasteiger partial charge in [-0.25, -0.2) is 4.39 Å². The first-order valence-corrected chi connectivity index (χ1v) is 6.24. The second-order valence-corrected chi connectivity index (χ2v) is 4.05. The molecule has 0 aliphatic heterocycles. The van der Waals surface area contributed by atoms with Gasteiger partial charge in [0.05, 0.1) is 13.2 Å².